The van der Waals surface area contributed by atoms with E-state index in [1.807, 2.05) is 36.1 Å². The number of carbonyl (C=O) groups excluding carboxylic acids is 1. The molecule has 0 aromatic heterocycles. The van der Waals surface area contributed by atoms with E-state index in [0.29, 0.717) is 6.42 Å². The molecule has 1 aliphatic heterocycles. The van der Waals surface area contributed by atoms with Crippen molar-refractivity contribution >= 4 is 17.3 Å². The Morgan fingerprint density at radius 3 is 2.50 bits per heavy atom. The summed E-state index contributed by atoms with van der Waals surface area (Å²) in [5.41, 5.74) is 10.1. The second kappa shape index (κ2) is 5.25. The maximum Gasteiger partial charge on any atom is 0.227 e. The molecule has 0 spiro atoms. The minimum absolute atomic E-state index is 0.219. The van der Waals surface area contributed by atoms with Crippen LogP contribution in [0.1, 0.15) is 38.7 Å². The summed E-state index contributed by atoms with van der Waals surface area (Å²) in [6, 6.07) is 7.95. The van der Waals surface area contributed by atoms with Crippen molar-refractivity contribution in [3.63, 3.8) is 0 Å². The molecule has 1 heterocycles. The van der Waals surface area contributed by atoms with Crippen molar-refractivity contribution in [1.29, 1.82) is 0 Å². The first-order chi connectivity index (χ1) is 8.63. The lowest BCUT2D eigenvalue weighted by molar-refractivity contribution is -0.117. The summed E-state index contributed by atoms with van der Waals surface area (Å²) < 4.78 is 0. The van der Waals surface area contributed by atoms with Gasteiger partial charge in [0.05, 0.1) is 0 Å². The van der Waals surface area contributed by atoms with Crippen LogP contribution in [0.4, 0.5) is 5.69 Å². The van der Waals surface area contributed by atoms with Crippen LogP contribution in [0.3, 0.4) is 0 Å². The van der Waals surface area contributed by atoms with Crippen LogP contribution in [0.15, 0.2) is 29.8 Å². The Balaban J connectivity index is 2.23. The highest BCUT2D eigenvalue weighted by molar-refractivity contribution is 5.95. The van der Waals surface area contributed by atoms with Crippen LogP contribution < -0.4 is 10.6 Å². The first-order valence-corrected chi connectivity index (χ1v) is 6.49. The average Bonchev–Trinajstić information content (AvgIpc) is 2.83. The lowest BCUT2D eigenvalue weighted by atomic mass is 10.1. The standard InChI is InChI=1S/C15H20N2O/c1-3-11(2)15(16)12-6-8-13(9-7-12)17-10-4-5-14(17)18/h6-9H,3-5,10,16H2,1-2H3. The Hall–Kier alpha value is -1.77. The van der Waals surface area contributed by atoms with Gasteiger partial charge < -0.3 is 10.6 Å². The number of nitrogens with two attached hydrogens (primary N) is 1. The molecule has 0 radical (unpaired) electrons. The van der Waals surface area contributed by atoms with Gasteiger partial charge in [0.1, 0.15) is 0 Å². The lowest BCUT2D eigenvalue weighted by Gasteiger charge is -2.16. The van der Waals surface area contributed by atoms with E-state index in [-0.39, 0.29) is 5.91 Å². The molecule has 2 N–H and O–H groups in total. The number of benzene rings is 1. The van der Waals surface area contributed by atoms with Crippen LogP contribution in [0.25, 0.3) is 5.70 Å². The number of carbonyl (C=O) groups is 1. The van der Waals surface area contributed by atoms with Gasteiger partial charge >= 0.3 is 0 Å². The molecule has 0 aliphatic carbocycles. The molecule has 96 valence electrons. The van der Waals surface area contributed by atoms with Crippen molar-refractivity contribution in [2.24, 2.45) is 5.73 Å². The zero-order valence-corrected chi connectivity index (χ0v) is 11.1. The summed E-state index contributed by atoms with van der Waals surface area (Å²) in [6.07, 6.45) is 2.58. The fourth-order valence-electron chi connectivity index (χ4n) is 2.18. The van der Waals surface area contributed by atoms with E-state index in [2.05, 4.69) is 6.92 Å². The number of amides is 1. The smallest absolute Gasteiger partial charge is 0.227 e. The van der Waals surface area contributed by atoms with Gasteiger partial charge in [0.25, 0.3) is 0 Å². The normalized spacial score (nSPS) is 17.0. The number of rotatable bonds is 3. The number of nitrogens with zero attached hydrogens (tertiary/aromatic N) is 1. The van der Waals surface area contributed by atoms with E-state index in [1.165, 1.54) is 5.57 Å². The predicted octanol–water partition coefficient (Wildman–Crippen LogP) is 2.91. The summed E-state index contributed by atoms with van der Waals surface area (Å²) in [5, 5.41) is 0. The number of hydrogen-bond acceptors (Lipinski definition) is 2. The van der Waals surface area contributed by atoms with Crippen LogP contribution in [0, 0.1) is 0 Å². The zero-order chi connectivity index (χ0) is 13.1. The maximum atomic E-state index is 11.6. The molecule has 1 saturated heterocycles. The number of anilines is 1. The van der Waals surface area contributed by atoms with Crippen LogP contribution in [0.2, 0.25) is 0 Å². The van der Waals surface area contributed by atoms with Crippen LogP contribution in [-0.2, 0) is 4.79 Å². The average molecular weight is 244 g/mol. The largest absolute Gasteiger partial charge is 0.398 e. The third kappa shape index (κ3) is 2.40. The van der Waals surface area contributed by atoms with Crippen molar-refractivity contribution in [2.45, 2.75) is 33.1 Å². The zero-order valence-electron chi connectivity index (χ0n) is 11.1. The molecule has 1 aromatic rings. The molecule has 0 saturated carbocycles. The molecule has 1 amide bonds. The predicted molar refractivity (Wildman–Crippen MR) is 75.1 cm³/mol. The first kappa shape index (κ1) is 12.7. The fraction of sp³-hybridized carbons (Fsp3) is 0.400. The van der Waals surface area contributed by atoms with Gasteiger partial charge in [0, 0.05) is 24.4 Å². The highest BCUT2D eigenvalue weighted by Gasteiger charge is 2.21. The monoisotopic (exact) mass is 244 g/mol. The molecule has 1 aromatic carbocycles. The van der Waals surface area contributed by atoms with Crippen molar-refractivity contribution in [3.05, 3.63) is 35.4 Å². The summed E-state index contributed by atoms with van der Waals surface area (Å²) >= 11 is 0. The topological polar surface area (TPSA) is 46.3 Å². The van der Waals surface area contributed by atoms with Gasteiger partial charge in [-0.25, -0.2) is 0 Å². The highest BCUT2D eigenvalue weighted by Crippen LogP contribution is 2.24. The van der Waals surface area contributed by atoms with E-state index >= 15 is 0 Å². The first-order valence-electron chi connectivity index (χ1n) is 6.49. The minimum Gasteiger partial charge on any atom is -0.398 e. The van der Waals surface area contributed by atoms with Crippen LogP contribution in [0.5, 0.6) is 0 Å². The molecule has 3 heteroatoms. The number of hydrogen-bond donors (Lipinski definition) is 1. The maximum absolute atomic E-state index is 11.6. The molecule has 3 nitrogen and oxygen atoms in total. The molecule has 0 unspecified atom stereocenters. The van der Waals surface area contributed by atoms with Gasteiger partial charge in [0.2, 0.25) is 5.91 Å². The summed E-state index contributed by atoms with van der Waals surface area (Å²) in [7, 11) is 0. The van der Waals surface area contributed by atoms with Gasteiger partial charge in [0.15, 0.2) is 0 Å². The molecule has 18 heavy (non-hydrogen) atoms. The molecular formula is C15H20N2O. The molecule has 0 bridgehead atoms. The van der Waals surface area contributed by atoms with E-state index in [4.69, 9.17) is 5.73 Å². The Bertz CT molecular complexity index is 474. The lowest BCUT2D eigenvalue weighted by Crippen LogP contribution is -2.23. The van der Waals surface area contributed by atoms with Crippen molar-refractivity contribution in [2.75, 3.05) is 11.4 Å². The second-order valence-electron chi connectivity index (χ2n) is 4.74. The Labute approximate surface area is 108 Å². The second-order valence-corrected chi connectivity index (χ2v) is 4.74. The van der Waals surface area contributed by atoms with Gasteiger partial charge in [-0.3, -0.25) is 4.79 Å². The van der Waals surface area contributed by atoms with Crippen molar-refractivity contribution < 1.29 is 4.79 Å². The molecule has 0 atom stereocenters. The van der Waals surface area contributed by atoms with E-state index in [0.717, 1.165) is 36.3 Å². The minimum atomic E-state index is 0.219. The molecular weight excluding hydrogens is 224 g/mol. The fourth-order valence-corrected chi connectivity index (χ4v) is 2.18. The molecule has 1 fully saturated rings. The van der Waals surface area contributed by atoms with Gasteiger partial charge in [-0.2, -0.15) is 0 Å². The summed E-state index contributed by atoms with van der Waals surface area (Å²) in [6.45, 7) is 4.98. The highest BCUT2D eigenvalue weighted by atomic mass is 16.2. The third-order valence-corrected chi connectivity index (χ3v) is 3.55. The summed E-state index contributed by atoms with van der Waals surface area (Å²) in [5.74, 6) is 0.219. The van der Waals surface area contributed by atoms with Crippen LogP contribution >= 0.6 is 0 Å². The molecule has 2 rings (SSSR count). The van der Waals surface area contributed by atoms with E-state index in [1.54, 1.807) is 0 Å². The Kier molecular flexibility index (Phi) is 3.70. The Morgan fingerprint density at radius 1 is 1.33 bits per heavy atom. The van der Waals surface area contributed by atoms with Gasteiger partial charge in [-0.05, 0) is 37.5 Å². The Morgan fingerprint density at radius 2 is 2.00 bits per heavy atom. The molecule has 1 aliphatic rings. The number of allylic oxidation sites excluding steroid dienone is 1. The van der Waals surface area contributed by atoms with Gasteiger partial charge in [-0.15, -0.1) is 0 Å². The SMILES string of the molecule is CCC(C)=C(N)c1ccc(N2CCCC2=O)cc1. The van der Waals surface area contributed by atoms with Crippen LogP contribution in [-0.4, -0.2) is 12.5 Å². The third-order valence-electron chi connectivity index (χ3n) is 3.55. The van der Waals surface area contributed by atoms with Crippen molar-refractivity contribution in [3.8, 4) is 0 Å². The van der Waals surface area contributed by atoms with E-state index < -0.39 is 0 Å². The van der Waals surface area contributed by atoms with E-state index in [9.17, 15) is 4.79 Å². The summed E-state index contributed by atoms with van der Waals surface area (Å²) in [4.78, 5) is 13.5. The quantitative estimate of drug-likeness (QED) is 0.888. The van der Waals surface area contributed by atoms with Crippen molar-refractivity contribution in [1.82, 2.24) is 0 Å². The van der Waals surface area contributed by atoms with Gasteiger partial charge in [-0.1, -0.05) is 24.6 Å².